The molecule has 1 aliphatic heterocycles. The minimum Gasteiger partial charge on any atom is -0.497 e. The molecule has 0 saturated heterocycles. The molecule has 2 heterocycles. The van der Waals surface area contributed by atoms with E-state index < -0.39 is 0 Å². The number of ether oxygens (including phenoxy) is 4. The van der Waals surface area contributed by atoms with Crippen molar-refractivity contribution in [3.8, 4) is 39.9 Å². The second kappa shape index (κ2) is 9.80. The fourth-order valence-corrected chi connectivity index (χ4v) is 3.91. The van der Waals surface area contributed by atoms with Gasteiger partial charge in [-0.3, -0.25) is 4.79 Å². The van der Waals surface area contributed by atoms with Gasteiger partial charge in [0.2, 0.25) is 0 Å². The molecule has 8 heteroatoms. The first kappa shape index (κ1) is 22.3. The number of benzene rings is 3. The van der Waals surface area contributed by atoms with Gasteiger partial charge >= 0.3 is 0 Å². The van der Waals surface area contributed by atoms with E-state index in [0.717, 1.165) is 5.69 Å². The number of aromatic nitrogens is 2. The quantitative estimate of drug-likeness (QED) is 0.437. The maximum Gasteiger partial charge on any atom is 0.255 e. The topological polar surface area (TPSA) is 83.8 Å². The van der Waals surface area contributed by atoms with Crippen molar-refractivity contribution < 1.29 is 23.7 Å². The molecule has 1 amide bonds. The van der Waals surface area contributed by atoms with E-state index in [-0.39, 0.29) is 18.6 Å². The maximum absolute atomic E-state index is 13.4. The fraction of sp³-hybridized carbons (Fsp3) is 0.185. The van der Waals surface area contributed by atoms with Crippen LogP contribution in [0.5, 0.6) is 23.0 Å². The van der Waals surface area contributed by atoms with Crippen LogP contribution in [0.3, 0.4) is 0 Å². The standard InChI is InChI=1S/C27H25N3O5/c1-32-19-12-13-21(25(14-19)33-2)26-22(16-30(29-26)18-8-4-3-5-9-18)27(31)28-15-20-17-34-23-10-6-7-11-24(23)35-20/h3-14,16,20H,15,17H2,1-2H3,(H,28,31). The minimum absolute atomic E-state index is 0.275. The lowest BCUT2D eigenvalue weighted by Gasteiger charge is -2.26. The zero-order chi connectivity index (χ0) is 24.2. The number of para-hydroxylation sites is 3. The highest BCUT2D eigenvalue weighted by Gasteiger charge is 2.25. The Labute approximate surface area is 203 Å². The predicted octanol–water partition coefficient (Wildman–Crippen LogP) is 4.13. The lowest BCUT2D eigenvalue weighted by Crippen LogP contribution is -2.40. The lowest BCUT2D eigenvalue weighted by atomic mass is 10.1. The highest BCUT2D eigenvalue weighted by Crippen LogP contribution is 2.35. The number of carbonyl (C=O) groups is 1. The van der Waals surface area contributed by atoms with E-state index >= 15 is 0 Å². The van der Waals surface area contributed by atoms with E-state index in [0.29, 0.717) is 46.4 Å². The van der Waals surface area contributed by atoms with Crippen LogP contribution < -0.4 is 24.3 Å². The van der Waals surface area contributed by atoms with Crippen molar-refractivity contribution >= 4 is 5.91 Å². The summed E-state index contributed by atoms with van der Waals surface area (Å²) in [4.78, 5) is 13.4. The maximum atomic E-state index is 13.4. The number of amides is 1. The molecule has 0 radical (unpaired) electrons. The van der Waals surface area contributed by atoms with E-state index in [2.05, 4.69) is 5.32 Å². The van der Waals surface area contributed by atoms with Gasteiger partial charge in [-0.1, -0.05) is 30.3 Å². The molecule has 0 saturated carbocycles. The lowest BCUT2D eigenvalue weighted by molar-refractivity contribution is 0.0789. The van der Waals surface area contributed by atoms with Gasteiger partial charge in [-0.2, -0.15) is 5.10 Å². The van der Waals surface area contributed by atoms with Crippen LogP contribution in [0.2, 0.25) is 0 Å². The summed E-state index contributed by atoms with van der Waals surface area (Å²) in [6, 6.07) is 22.5. The van der Waals surface area contributed by atoms with Crippen LogP contribution in [-0.4, -0.2) is 49.2 Å². The summed E-state index contributed by atoms with van der Waals surface area (Å²) in [6.07, 6.45) is 1.41. The van der Waals surface area contributed by atoms with Gasteiger partial charge in [0.1, 0.15) is 29.9 Å². The molecule has 3 aromatic carbocycles. The molecule has 0 aliphatic carbocycles. The van der Waals surface area contributed by atoms with Crippen LogP contribution in [0.25, 0.3) is 16.9 Å². The summed E-state index contributed by atoms with van der Waals surface area (Å²) in [7, 11) is 3.16. The first-order chi connectivity index (χ1) is 17.2. The molecule has 178 valence electrons. The van der Waals surface area contributed by atoms with Gasteiger partial charge < -0.3 is 24.3 Å². The third-order valence-electron chi connectivity index (χ3n) is 5.70. The molecule has 35 heavy (non-hydrogen) atoms. The van der Waals surface area contributed by atoms with Crippen LogP contribution in [-0.2, 0) is 0 Å². The summed E-state index contributed by atoms with van der Waals surface area (Å²) in [6.45, 7) is 0.628. The molecule has 4 aromatic rings. The molecule has 5 rings (SSSR count). The summed E-state index contributed by atoms with van der Waals surface area (Å²) in [5, 5.41) is 7.71. The van der Waals surface area contributed by atoms with Crippen molar-refractivity contribution in [3.63, 3.8) is 0 Å². The highest BCUT2D eigenvalue weighted by atomic mass is 16.6. The van der Waals surface area contributed by atoms with Gasteiger partial charge in [0, 0.05) is 17.8 Å². The molecule has 1 aromatic heterocycles. The number of fused-ring (bicyclic) bond motifs is 1. The number of hydrogen-bond donors (Lipinski definition) is 1. The first-order valence-corrected chi connectivity index (χ1v) is 11.2. The Bertz CT molecular complexity index is 1340. The van der Waals surface area contributed by atoms with Crippen LogP contribution >= 0.6 is 0 Å². The molecular formula is C27H25N3O5. The smallest absolute Gasteiger partial charge is 0.255 e. The van der Waals surface area contributed by atoms with Crippen molar-refractivity contribution in [2.24, 2.45) is 0 Å². The van der Waals surface area contributed by atoms with Crippen molar-refractivity contribution in [1.29, 1.82) is 0 Å². The first-order valence-electron chi connectivity index (χ1n) is 11.2. The number of hydrogen-bond acceptors (Lipinski definition) is 6. The molecule has 0 fully saturated rings. The van der Waals surface area contributed by atoms with Crippen LogP contribution in [0.1, 0.15) is 10.4 Å². The summed E-state index contributed by atoms with van der Waals surface area (Å²) >= 11 is 0. The molecule has 1 unspecified atom stereocenters. The Morgan fingerprint density at radius 3 is 2.57 bits per heavy atom. The van der Waals surface area contributed by atoms with Gasteiger partial charge in [0.15, 0.2) is 11.5 Å². The summed E-state index contributed by atoms with van der Waals surface area (Å²) < 4.78 is 24.3. The number of methoxy groups -OCH3 is 2. The van der Waals surface area contributed by atoms with Crippen molar-refractivity contribution in [2.45, 2.75) is 6.10 Å². The highest BCUT2D eigenvalue weighted by molar-refractivity contribution is 6.00. The Hall–Kier alpha value is -4.46. The van der Waals surface area contributed by atoms with Crippen molar-refractivity contribution in [3.05, 3.63) is 84.6 Å². The number of nitrogens with zero attached hydrogens (tertiary/aromatic N) is 2. The van der Waals surface area contributed by atoms with Crippen LogP contribution in [0, 0.1) is 0 Å². The third-order valence-corrected chi connectivity index (χ3v) is 5.70. The van der Waals surface area contributed by atoms with Gasteiger partial charge in [0.25, 0.3) is 5.91 Å². The average molecular weight is 472 g/mol. The Morgan fingerprint density at radius 1 is 1.03 bits per heavy atom. The fourth-order valence-electron chi connectivity index (χ4n) is 3.91. The molecule has 8 nitrogen and oxygen atoms in total. The van der Waals surface area contributed by atoms with Gasteiger partial charge in [0.05, 0.1) is 32.0 Å². The second-order valence-electron chi connectivity index (χ2n) is 7.95. The molecular weight excluding hydrogens is 446 g/mol. The Morgan fingerprint density at radius 2 is 1.80 bits per heavy atom. The minimum atomic E-state index is -0.308. The predicted molar refractivity (Wildman–Crippen MR) is 131 cm³/mol. The third kappa shape index (κ3) is 4.63. The largest absolute Gasteiger partial charge is 0.497 e. The van der Waals surface area contributed by atoms with Crippen LogP contribution in [0.4, 0.5) is 0 Å². The van der Waals surface area contributed by atoms with Crippen molar-refractivity contribution in [1.82, 2.24) is 15.1 Å². The normalized spacial score (nSPS) is 14.3. The van der Waals surface area contributed by atoms with E-state index in [1.165, 1.54) is 0 Å². The van der Waals surface area contributed by atoms with E-state index in [4.69, 9.17) is 24.0 Å². The van der Waals surface area contributed by atoms with Gasteiger partial charge in [-0.05, 0) is 36.4 Å². The van der Waals surface area contributed by atoms with Gasteiger partial charge in [-0.25, -0.2) is 4.68 Å². The second-order valence-corrected chi connectivity index (χ2v) is 7.95. The number of rotatable bonds is 7. The Balaban J connectivity index is 1.43. The van der Waals surface area contributed by atoms with E-state index in [1.807, 2.05) is 66.7 Å². The zero-order valence-corrected chi connectivity index (χ0v) is 19.4. The van der Waals surface area contributed by atoms with Crippen LogP contribution in [0.15, 0.2) is 79.0 Å². The molecule has 1 aliphatic rings. The number of carbonyl (C=O) groups excluding carboxylic acids is 1. The molecule has 1 atom stereocenters. The molecule has 1 N–H and O–H groups in total. The number of nitrogens with one attached hydrogen (secondary N) is 1. The van der Waals surface area contributed by atoms with Crippen molar-refractivity contribution in [2.75, 3.05) is 27.4 Å². The zero-order valence-electron chi connectivity index (χ0n) is 19.4. The SMILES string of the molecule is COc1ccc(-c2nn(-c3ccccc3)cc2C(=O)NCC2COc3ccccc3O2)c(OC)c1. The van der Waals surface area contributed by atoms with Gasteiger partial charge in [-0.15, -0.1) is 0 Å². The average Bonchev–Trinajstić information content (AvgIpc) is 3.37. The van der Waals surface area contributed by atoms with E-state index in [9.17, 15) is 4.79 Å². The monoisotopic (exact) mass is 471 g/mol. The summed E-state index contributed by atoms with van der Waals surface area (Å²) in [5.74, 6) is 2.29. The molecule has 0 spiro atoms. The molecule has 0 bridgehead atoms. The summed E-state index contributed by atoms with van der Waals surface area (Å²) in [5.41, 5.74) is 2.42. The Kier molecular flexibility index (Phi) is 6.26. The van der Waals surface area contributed by atoms with E-state index in [1.54, 1.807) is 31.2 Å².